The van der Waals surface area contributed by atoms with Crippen LogP contribution in [0.4, 0.5) is 11.9 Å². The summed E-state index contributed by atoms with van der Waals surface area (Å²) >= 11 is 17.1. The Bertz CT molecular complexity index is 803. The molecule has 0 amide bonds. The van der Waals surface area contributed by atoms with E-state index in [0.717, 1.165) is 6.54 Å². The Hall–Kier alpha value is -0.394. The van der Waals surface area contributed by atoms with Crippen molar-refractivity contribution in [2.75, 3.05) is 24.3 Å². The summed E-state index contributed by atoms with van der Waals surface area (Å²) in [7, 11) is 1.34. The maximum atomic E-state index is 10.7. The monoisotopic (exact) mass is 475 g/mol. The van der Waals surface area contributed by atoms with Gasteiger partial charge in [-0.1, -0.05) is 23.2 Å². The zero-order valence-corrected chi connectivity index (χ0v) is 21.6. The number of halogens is 3. The van der Waals surface area contributed by atoms with Gasteiger partial charge in [0.2, 0.25) is 17.2 Å². The largest absolute Gasteiger partial charge is 1.00 e. The third-order valence-electron chi connectivity index (χ3n) is 2.84. The fourth-order valence-electron chi connectivity index (χ4n) is 1.84. The Morgan fingerprint density at radius 2 is 1.75 bits per heavy atom. The molecule has 150 valence electrons. The van der Waals surface area contributed by atoms with Crippen LogP contribution in [0.2, 0.25) is 15.3 Å². The Morgan fingerprint density at radius 1 is 1.18 bits per heavy atom. The molecule has 1 aromatic heterocycles. The molecule has 0 bridgehead atoms. The fourth-order valence-corrected chi connectivity index (χ4v) is 2.47. The number of hydrogen-bond donors (Lipinski definition) is 3. The first-order valence-corrected chi connectivity index (χ1v) is 9.00. The van der Waals surface area contributed by atoms with Crippen LogP contribution in [0.3, 0.4) is 0 Å². The van der Waals surface area contributed by atoms with Gasteiger partial charge in [-0.3, -0.25) is 0 Å². The summed E-state index contributed by atoms with van der Waals surface area (Å²) in [4.78, 5) is 22.7. The maximum Gasteiger partial charge on any atom is 1.00 e. The second kappa shape index (κ2) is 13.8. The topological polar surface area (TPSA) is 109 Å². The third kappa shape index (κ3) is 8.96. The van der Waals surface area contributed by atoms with Gasteiger partial charge in [0.25, 0.3) is 0 Å². The third-order valence-corrected chi connectivity index (χ3v) is 3.62. The maximum absolute atomic E-state index is 10.7. The van der Waals surface area contributed by atoms with Crippen LogP contribution >= 0.6 is 34.8 Å². The van der Waals surface area contributed by atoms with E-state index in [0.29, 0.717) is 11.9 Å². The zero-order chi connectivity index (χ0) is 20.6. The fraction of sp³-hybridized carbons (Fsp3) is 0.375. The second-order valence-corrected chi connectivity index (χ2v) is 6.48. The standard InChI is InChI=1S/C8H6Cl2O3.C8H14ClN5.K.H/c1-13-7-5(10)3-2-4(9)6(7)8(11)12;1-4-10-7-12-6(9)13-8(14-7)11-5(2)3;;/h2-3H,1H3,(H,11,12);5H,4H2,1-3H3,(H2,10,11,12,13,14);;/q;;+1;-1. The average Bonchev–Trinajstić information content (AvgIpc) is 2.56. The molecule has 12 heteroatoms. The number of anilines is 2. The van der Waals surface area contributed by atoms with Crippen molar-refractivity contribution < 1.29 is 67.4 Å². The number of benzene rings is 1. The molecule has 8 nitrogen and oxygen atoms in total. The van der Waals surface area contributed by atoms with Crippen LogP contribution in [0.25, 0.3) is 0 Å². The summed E-state index contributed by atoms with van der Waals surface area (Å²) < 4.78 is 4.82. The number of rotatable bonds is 6. The van der Waals surface area contributed by atoms with E-state index in [-0.39, 0.29) is 85.5 Å². The summed E-state index contributed by atoms with van der Waals surface area (Å²) in [6, 6.07) is 3.16. The zero-order valence-electron chi connectivity index (χ0n) is 17.2. The summed E-state index contributed by atoms with van der Waals surface area (Å²) in [5, 5.41) is 15.3. The molecule has 0 unspecified atom stereocenters. The van der Waals surface area contributed by atoms with Gasteiger partial charge in [0.1, 0.15) is 5.56 Å². The van der Waals surface area contributed by atoms with Crippen molar-refractivity contribution in [3.8, 4) is 5.75 Å². The van der Waals surface area contributed by atoms with Crippen LogP contribution in [0, 0.1) is 0 Å². The molecular formula is C16H21Cl3KN5O3. The summed E-state index contributed by atoms with van der Waals surface area (Å²) in [5.41, 5.74) is -0.114. The van der Waals surface area contributed by atoms with Crippen LogP contribution in [-0.4, -0.2) is 45.7 Å². The van der Waals surface area contributed by atoms with Crippen LogP contribution in [0.15, 0.2) is 12.1 Å². The van der Waals surface area contributed by atoms with Crippen molar-refractivity contribution in [2.24, 2.45) is 0 Å². The first-order chi connectivity index (χ1) is 12.7. The normalized spacial score (nSPS) is 9.71. The SMILES string of the molecule is CCNc1nc(Cl)nc(NC(C)C)n1.COc1c(Cl)ccc(Cl)c1C(=O)O.[H-].[K+]. The minimum atomic E-state index is -1.16. The molecule has 0 atom stereocenters. The number of carboxylic acids is 1. The van der Waals surface area contributed by atoms with Gasteiger partial charge in [-0.2, -0.15) is 15.0 Å². The number of carboxylic acid groups (broad SMARTS) is 1. The minimum Gasteiger partial charge on any atom is -1.00 e. The molecule has 0 aliphatic rings. The average molecular weight is 477 g/mol. The first-order valence-electron chi connectivity index (χ1n) is 7.86. The van der Waals surface area contributed by atoms with E-state index >= 15 is 0 Å². The summed E-state index contributed by atoms with van der Waals surface area (Å²) in [6.45, 7) is 6.73. The molecule has 0 saturated heterocycles. The quantitative estimate of drug-likeness (QED) is 0.539. The Labute approximate surface area is 222 Å². The number of nitrogens with zero attached hydrogens (tertiary/aromatic N) is 3. The molecule has 0 radical (unpaired) electrons. The second-order valence-electron chi connectivity index (χ2n) is 5.32. The van der Waals surface area contributed by atoms with Crippen LogP contribution in [-0.2, 0) is 0 Å². The van der Waals surface area contributed by atoms with Gasteiger partial charge in [0.15, 0.2) is 5.75 Å². The minimum absolute atomic E-state index is 0. The van der Waals surface area contributed by atoms with Gasteiger partial charge >= 0.3 is 57.4 Å². The van der Waals surface area contributed by atoms with E-state index in [9.17, 15) is 4.79 Å². The summed E-state index contributed by atoms with van der Waals surface area (Å²) in [6.07, 6.45) is 0. The van der Waals surface area contributed by atoms with Crippen molar-refractivity contribution in [1.29, 1.82) is 0 Å². The first kappa shape index (κ1) is 27.6. The van der Waals surface area contributed by atoms with Gasteiger partial charge in [-0.05, 0) is 44.5 Å². The van der Waals surface area contributed by atoms with E-state index < -0.39 is 5.97 Å². The van der Waals surface area contributed by atoms with Crippen molar-refractivity contribution >= 4 is 52.7 Å². The molecule has 2 aromatic rings. The molecule has 0 aliphatic carbocycles. The molecule has 0 spiro atoms. The van der Waals surface area contributed by atoms with E-state index in [1.54, 1.807) is 0 Å². The van der Waals surface area contributed by atoms with Crippen molar-refractivity contribution in [3.05, 3.63) is 33.0 Å². The Balaban J connectivity index is 0. The Kier molecular flexibility index (Phi) is 13.6. The van der Waals surface area contributed by atoms with Gasteiger partial charge in [-0.25, -0.2) is 4.79 Å². The molecule has 3 N–H and O–H groups in total. The van der Waals surface area contributed by atoms with Crippen LogP contribution < -0.4 is 66.8 Å². The van der Waals surface area contributed by atoms with Crippen LogP contribution in [0.1, 0.15) is 32.6 Å². The van der Waals surface area contributed by atoms with Crippen molar-refractivity contribution in [2.45, 2.75) is 26.8 Å². The van der Waals surface area contributed by atoms with Gasteiger partial charge in [0.05, 0.1) is 17.2 Å². The van der Waals surface area contributed by atoms with Gasteiger partial charge in [0, 0.05) is 12.6 Å². The molecule has 2 rings (SSSR count). The van der Waals surface area contributed by atoms with Gasteiger partial charge < -0.3 is 21.9 Å². The molecule has 1 heterocycles. The molecule has 1 aromatic carbocycles. The predicted octanol–water partition coefficient (Wildman–Crippen LogP) is 1.59. The van der Waals surface area contributed by atoms with E-state index in [2.05, 4.69) is 25.6 Å². The number of nitrogens with one attached hydrogen (secondary N) is 2. The number of carbonyl (C=O) groups is 1. The summed E-state index contributed by atoms with van der Waals surface area (Å²) in [5.74, 6) is -0.0855. The van der Waals surface area contributed by atoms with Gasteiger partial charge in [-0.15, -0.1) is 0 Å². The van der Waals surface area contributed by atoms with Crippen LogP contribution in [0.5, 0.6) is 5.75 Å². The molecular weight excluding hydrogens is 456 g/mol. The van der Waals surface area contributed by atoms with E-state index in [1.807, 2.05) is 20.8 Å². The molecule has 0 aliphatic heterocycles. The van der Waals surface area contributed by atoms with E-state index in [1.165, 1.54) is 19.2 Å². The smallest absolute Gasteiger partial charge is 1.00 e. The number of aromatic carboxylic acids is 1. The number of ether oxygens (including phenoxy) is 1. The van der Waals surface area contributed by atoms with Crippen molar-refractivity contribution in [3.63, 3.8) is 0 Å². The Morgan fingerprint density at radius 3 is 2.21 bits per heavy atom. The molecule has 28 heavy (non-hydrogen) atoms. The number of aromatic nitrogens is 3. The number of hydrogen-bond acceptors (Lipinski definition) is 7. The number of methoxy groups -OCH3 is 1. The predicted molar refractivity (Wildman–Crippen MR) is 109 cm³/mol. The van der Waals surface area contributed by atoms with Crippen molar-refractivity contribution in [1.82, 2.24) is 15.0 Å². The molecule has 0 fully saturated rings. The van der Waals surface area contributed by atoms with E-state index in [4.69, 9.17) is 44.6 Å². The molecule has 0 saturated carbocycles.